The minimum Gasteiger partial charge on any atom is -0.506 e. The van der Waals surface area contributed by atoms with E-state index in [1.54, 1.807) is 12.1 Å². The van der Waals surface area contributed by atoms with Crippen LogP contribution in [0, 0.1) is 0 Å². The van der Waals surface area contributed by atoms with Crippen molar-refractivity contribution < 1.29 is 15.0 Å². The number of rotatable bonds is 9. The molecule has 2 amide bonds. The van der Waals surface area contributed by atoms with E-state index in [-0.39, 0.29) is 29.9 Å². The molecule has 0 spiro atoms. The number of aliphatic hydroxyl groups is 1. The van der Waals surface area contributed by atoms with E-state index < -0.39 is 6.10 Å². The lowest BCUT2D eigenvalue weighted by atomic mass is 10.0. The third-order valence-corrected chi connectivity index (χ3v) is 6.91. The van der Waals surface area contributed by atoms with Gasteiger partial charge in [-0.3, -0.25) is 4.79 Å². The van der Waals surface area contributed by atoms with Crippen molar-refractivity contribution in [2.24, 2.45) is 0 Å². The summed E-state index contributed by atoms with van der Waals surface area (Å²) in [4.78, 5) is 27.1. The summed E-state index contributed by atoms with van der Waals surface area (Å²) in [6.07, 6.45) is -0.174. The summed E-state index contributed by atoms with van der Waals surface area (Å²) >= 11 is 0. The van der Waals surface area contributed by atoms with E-state index >= 15 is 0 Å². The standard InChI is InChI=1S/C33H32N4O4/c1-21(34-20-30(39)26-14-16-29(38)32-27(26)15-17-31(40)37-32)18-22-8-7-11-24(19-22)35-33(41)36-28-13-6-5-12-25(28)23-9-3-2-4-10-23/h2-17,19,21,30,34,38-39H,18,20H2,1H3,(H,37,40)(H2,35,36,41)/t21?,30-/m0/s1. The molecule has 8 heteroatoms. The molecule has 0 radical (unpaired) electrons. The van der Waals surface area contributed by atoms with Crippen molar-refractivity contribution in [1.82, 2.24) is 10.3 Å². The number of aromatic nitrogens is 1. The Morgan fingerprint density at radius 3 is 2.49 bits per heavy atom. The number of phenolic OH excluding ortho intramolecular Hbond substituents is 1. The van der Waals surface area contributed by atoms with E-state index in [1.807, 2.05) is 85.8 Å². The first-order valence-electron chi connectivity index (χ1n) is 13.4. The largest absolute Gasteiger partial charge is 0.506 e. The number of hydrogen-bond donors (Lipinski definition) is 6. The number of amides is 2. The fourth-order valence-electron chi connectivity index (χ4n) is 4.92. The number of urea groups is 1. The second-order valence-corrected chi connectivity index (χ2v) is 10.0. The van der Waals surface area contributed by atoms with E-state index in [4.69, 9.17) is 0 Å². The van der Waals surface area contributed by atoms with Gasteiger partial charge in [0.25, 0.3) is 0 Å². The molecule has 2 atom stereocenters. The second-order valence-electron chi connectivity index (χ2n) is 10.0. The first-order chi connectivity index (χ1) is 19.9. The van der Waals surface area contributed by atoms with Crippen LogP contribution in [0.2, 0.25) is 0 Å². The van der Waals surface area contributed by atoms with Crippen molar-refractivity contribution in [3.05, 3.63) is 125 Å². The average molecular weight is 549 g/mol. The zero-order valence-electron chi connectivity index (χ0n) is 22.6. The highest BCUT2D eigenvalue weighted by atomic mass is 16.3. The molecule has 6 N–H and O–H groups in total. The van der Waals surface area contributed by atoms with Crippen molar-refractivity contribution in [1.29, 1.82) is 0 Å². The lowest BCUT2D eigenvalue weighted by molar-refractivity contribution is 0.172. The molecule has 0 aliphatic carbocycles. The lowest BCUT2D eigenvalue weighted by Gasteiger charge is -2.19. The van der Waals surface area contributed by atoms with Gasteiger partial charge < -0.3 is 31.1 Å². The number of aromatic amines is 1. The summed E-state index contributed by atoms with van der Waals surface area (Å²) in [5.41, 5.74) is 4.97. The molecule has 41 heavy (non-hydrogen) atoms. The molecule has 0 saturated heterocycles. The van der Waals surface area contributed by atoms with Gasteiger partial charge in [-0.2, -0.15) is 0 Å². The monoisotopic (exact) mass is 548 g/mol. The van der Waals surface area contributed by atoms with Crippen LogP contribution in [0.3, 0.4) is 0 Å². The molecule has 5 aromatic rings. The predicted octanol–water partition coefficient (Wildman–Crippen LogP) is 5.80. The van der Waals surface area contributed by atoms with Gasteiger partial charge in [-0.25, -0.2) is 4.79 Å². The van der Waals surface area contributed by atoms with E-state index in [1.165, 1.54) is 12.1 Å². The molecule has 0 saturated carbocycles. The van der Waals surface area contributed by atoms with Gasteiger partial charge in [-0.05, 0) is 60.4 Å². The Hall–Kier alpha value is -4.92. The Kier molecular flexibility index (Phi) is 8.43. The van der Waals surface area contributed by atoms with Gasteiger partial charge in [0.15, 0.2) is 0 Å². The van der Waals surface area contributed by atoms with Crippen LogP contribution >= 0.6 is 0 Å². The zero-order chi connectivity index (χ0) is 28.8. The average Bonchev–Trinajstić information content (AvgIpc) is 2.97. The summed E-state index contributed by atoms with van der Waals surface area (Å²) < 4.78 is 0. The molecule has 0 aliphatic rings. The minimum absolute atomic E-state index is 0.0228. The maximum absolute atomic E-state index is 12.8. The second kappa shape index (κ2) is 12.5. The van der Waals surface area contributed by atoms with Crippen molar-refractivity contribution in [3.63, 3.8) is 0 Å². The van der Waals surface area contributed by atoms with Crippen molar-refractivity contribution in [3.8, 4) is 16.9 Å². The SMILES string of the molecule is CC(Cc1cccc(NC(=O)Nc2ccccc2-c2ccccc2)c1)NC[C@H](O)c1ccc(O)c2[nH]c(=O)ccc12. The molecule has 1 unspecified atom stereocenters. The van der Waals surface area contributed by atoms with Gasteiger partial charge >= 0.3 is 6.03 Å². The van der Waals surface area contributed by atoms with Crippen molar-refractivity contribution in [2.75, 3.05) is 17.2 Å². The van der Waals surface area contributed by atoms with Gasteiger partial charge in [0.05, 0.1) is 17.3 Å². The number of carbonyl (C=O) groups is 1. The van der Waals surface area contributed by atoms with Gasteiger partial charge in [0.1, 0.15) is 5.75 Å². The highest BCUT2D eigenvalue weighted by molar-refractivity contribution is 6.02. The maximum atomic E-state index is 12.8. The van der Waals surface area contributed by atoms with Gasteiger partial charge in [0.2, 0.25) is 5.56 Å². The summed E-state index contributed by atoms with van der Waals surface area (Å²) in [6, 6.07) is 31.0. The Labute approximate surface area is 237 Å². The Morgan fingerprint density at radius 2 is 1.66 bits per heavy atom. The third kappa shape index (κ3) is 6.81. The number of aliphatic hydroxyl groups excluding tert-OH is 1. The molecule has 8 nitrogen and oxygen atoms in total. The number of aromatic hydroxyl groups is 1. The molecular formula is C33H32N4O4. The summed E-state index contributed by atoms with van der Waals surface area (Å²) in [5.74, 6) is -0.0439. The number of anilines is 2. The Morgan fingerprint density at radius 1 is 0.878 bits per heavy atom. The molecule has 1 heterocycles. The van der Waals surface area contributed by atoms with Gasteiger partial charge in [-0.1, -0.05) is 66.7 Å². The van der Waals surface area contributed by atoms with Crippen LogP contribution in [-0.4, -0.2) is 33.8 Å². The molecule has 208 valence electrons. The summed E-state index contributed by atoms with van der Waals surface area (Å²) in [5, 5.41) is 30.8. The van der Waals surface area contributed by atoms with Crippen LogP contribution in [0.1, 0.15) is 24.2 Å². The zero-order valence-corrected chi connectivity index (χ0v) is 22.6. The first-order valence-corrected chi connectivity index (χ1v) is 13.4. The van der Waals surface area contributed by atoms with Crippen LogP contribution in [0.4, 0.5) is 16.2 Å². The smallest absolute Gasteiger partial charge is 0.323 e. The highest BCUT2D eigenvalue weighted by Crippen LogP contribution is 2.29. The molecular weight excluding hydrogens is 516 g/mol. The molecule has 0 fully saturated rings. The number of fused-ring (bicyclic) bond motifs is 1. The van der Waals surface area contributed by atoms with Gasteiger partial charge in [-0.15, -0.1) is 0 Å². The van der Waals surface area contributed by atoms with Crippen molar-refractivity contribution >= 4 is 28.3 Å². The molecule has 1 aromatic heterocycles. The Bertz CT molecular complexity index is 1720. The van der Waals surface area contributed by atoms with Crippen LogP contribution in [0.15, 0.2) is 108 Å². The van der Waals surface area contributed by atoms with Crippen LogP contribution in [0.5, 0.6) is 5.75 Å². The topological polar surface area (TPSA) is 126 Å². The summed E-state index contributed by atoms with van der Waals surface area (Å²) in [6.45, 7) is 2.30. The number of H-pyrrole nitrogens is 1. The minimum atomic E-state index is -0.845. The number of nitrogens with one attached hydrogen (secondary N) is 4. The fourth-order valence-corrected chi connectivity index (χ4v) is 4.92. The third-order valence-electron chi connectivity index (χ3n) is 6.91. The highest BCUT2D eigenvalue weighted by Gasteiger charge is 2.15. The fraction of sp³-hybridized carbons (Fsp3) is 0.152. The Balaban J connectivity index is 1.18. The number of benzene rings is 4. The van der Waals surface area contributed by atoms with E-state index in [0.29, 0.717) is 28.6 Å². The summed E-state index contributed by atoms with van der Waals surface area (Å²) in [7, 11) is 0. The molecule has 0 bridgehead atoms. The van der Waals surface area contributed by atoms with Gasteiger partial charge in [0, 0.05) is 35.3 Å². The van der Waals surface area contributed by atoms with E-state index in [2.05, 4.69) is 20.9 Å². The number of hydrogen-bond acceptors (Lipinski definition) is 5. The van der Waals surface area contributed by atoms with E-state index in [9.17, 15) is 19.8 Å². The normalized spacial score (nSPS) is 12.5. The molecule has 0 aliphatic heterocycles. The van der Waals surface area contributed by atoms with Crippen LogP contribution in [0.25, 0.3) is 22.0 Å². The first kappa shape index (κ1) is 27.6. The number of carbonyl (C=O) groups excluding carboxylic acids is 1. The lowest BCUT2D eigenvalue weighted by Crippen LogP contribution is -2.32. The van der Waals surface area contributed by atoms with E-state index in [0.717, 1.165) is 22.4 Å². The van der Waals surface area contributed by atoms with Crippen LogP contribution < -0.4 is 21.5 Å². The number of pyridine rings is 1. The maximum Gasteiger partial charge on any atom is 0.323 e. The van der Waals surface area contributed by atoms with Crippen LogP contribution in [-0.2, 0) is 6.42 Å². The predicted molar refractivity (Wildman–Crippen MR) is 163 cm³/mol. The molecule has 5 rings (SSSR count). The number of phenols is 1. The number of para-hydroxylation sites is 1. The quantitative estimate of drug-likeness (QED) is 0.139. The van der Waals surface area contributed by atoms with Crippen molar-refractivity contribution in [2.45, 2.75) is 25.5 Å². The molecule has 4 aromatic carbocycles.